The average molecular weight is 618 g/mol. The van der Waals surface area contributed by atoms with Gasteiger partial charge in [-0.1, -0.05) is 48.5 Å². The van der Waals surface area contributed by atoms with Gasteiger partial charge < -0.3 is 23.4 Å². The number of halogens is 2. The minimum atomic E-state index is -3.43. The van der Waals surface area contributed by atoms with E-state index in [1.807, 2.05) is 12.1 Å². The second-order valence-corrected chi connectivity index (χ2v) is 11.2. The van der Waals surface area contributed by atoms with Crippen molar-refractivity contribution in [2.75, 3.05) is 25.5 Å². The number of aromatic nitrogens is 2. The smallest absolute Gasteiger partial charge is 0.413 e. The number of hydrogen-bond acceptors (Lipinski definition) is 9. The van der Waals surface area contributed by atoms with Gasteiger partial charge in [0, 0.05) is 26.2 Å². The van der Waals surface area contributed by atoms with Crippen LogP contribution in [0.25, 0.3) is 0 Å². The number of ether oxygens (including phenoxy) is 2. The van der Waals surface area contributed by atoms with Gasteiger partial charge in [-0.05, 0) is 30.2 Å². The van der Waals surface area contributed by atoms with Crippen LogP contribution in [0, 0.1) is 0 Å². The first-order valence-corrected chi connectivity index (χ1v) is 14.6. The number of carbonyl (C=O) groups excluding carboxylic acids is 2. The predicted molar refractivity (Wildman–Crippen MR) is 151 cm³/mol. The first kappa shape index (κ1) is 30.5. The maximum Gasteiger partial charge on any atom is 0.413 e. The van der Waals surface area contributed by atoms with Crippen LogP contribution in [0.15, 0.2) is 77.7 Å². The molecular formula is C28H30F2N5O7P. The Bertz CT molecular complexity index is 1470. The summed E-state index contributed by atoms with van der Waals surface area (Å²) in [5, 5.41) is 5.37. The second kappa shape index (κ2) is 13.6. The van der Waals surface area contributed by atoms with Gasteiger partial charge in [0.2, 0.25) is 12.1 Å². The van der Waals surface area contributed by atoms with Gasteiger partial charge in [0.25, 0.3) is 5.92 Å². The van der Waals surface area contributed by atoms with Crippen molar-refractivity contribution in [3.63, 3.8) is 0 Å². The number of rotatable bonds is 11. The first-order valence-electron chi connectivity index (χ1n) is 13.5. The number of alkyl halides is 2. The molecule has 2 N–H and O–H groups in total. The lowest BCUT2D eigenvalue weighted by Crippen LogP contribution is -2.35. The van der Waals surface area contributed by atoms with E-state index in [0.717, 1.165) is 11.8 Å². The SMILES string of the molecule is CN1CCC(NP(OCC2CC(F)(F)C(n3ccc(NC(=O)OCc4ccccc4)nc3=O)O2)Oc2ccccc2)C1=O. The zero-order valence-corrected chi connectivity index (χ0v) is 24.0. The molecule has 2 saturated heterocycles. The van der Waals surface area contributed by atoms with Crippen LogP contribution in [0.2, 0.25) is 0 Å². The third-order valence-electron chi connectivity index (χ3n) is 6.71. The van der Waals surface area contributed by atoms with E-state index < -0.39 is 51.0 Å². The number of carbonyl (C=O) groups is 2. The van der Waals surface area contributed by atoms with E-state index in [4.69, 9.17) is 18.5 Å². The molecule has 0 bridgehead atoms. The topological polar surface area (TPSA) is 133 Å². The van der Waals surface area contributed by atoms with Crippen LogP contribution in [0.1, 0.15) is 24.6 Å². The number of likely N-dealkylation sites (tertiary alicyclic amines) is 1. The van der Waals surface area contributed by atoms with Crippen molar-refractivity contribution < 1.29 is 36.9 Å². The normalized spacial score (nSPS) is 21.9. The van der Waals surface area contributed by atoms with E-state index in [9.17, 15) is 14.4 Å². The molecule has 15 heteroatoms. The molecule has 2 amide bonds. The monoisotopic (exact) mass is 617 g/mol. The van der Waals surface area contributed by atoms with Gasteiger partial charge in [-0.15, -0.1) is 0 Å². The maximum atomic E-state index is 15.0. The zero-order valence-electron chi connectivity index (χ0n) is 23.1. The number of para-hydroxylation sites is 1. The van der Waals surface area contributed by atoms with Crippen LogP contribution < -0.4 is 20.6 Å². The molecule has 5 rings (SSSR count). The molecule has 2 aromatic carbocycles. The lowest BCUT2D eigenvalue weighted by molar-refractivity contribution is -0.128. The van der Waals surface area contributed by atoms with E-state index in [1.165, 1.54) is 6.07 Å². The summed E-state index contributed by atoms with van der Waals surface area (Å²) in [4.78, 5) is 42.4. The highest BCUT2D eigenvalue weighted by Crippen LogP contribution is 2.44. The van der Waals surface area contributed by atoms with E-state index in [1.54, 1.807) is 60.5 Å². The summed E-state index contributed by atoms with van der Waals surface area (Å²) in [6, 6.07) is 18.4. The number of nitrogens with zero attached hydrogens (tertiary/aromatic N) is 3. The fourth-order valence-electron chi connectivity index (χ4n) is 4.51. The van der Waals surface area contributed by atoms with Crippen LogP contribution in [-0.4, -0.2) is 64.7 Å². The van der Waals surface area contributed by atoms with E-state index in [2.05, 4.69) is 15.4 Å². The van der Waals surface area contributed by atoms with Crippen molar-refractivity contribution in [3.8, 4) is 5.75 Å². The zero-order chi connectivity index (χ0) is 30.4. The molecule has 2 fully saturated rings. The largest absolute Gasteiger partial charge is 0.444 e. The number of hydrogen-bond donors (Lipinski definition) is 2. The van der Waals surface area contributed by atoms with Crippen molar-refractivity contribution in [1.82, 2.24) is 19.5 Å². The summed E-state index contributed by atoms with van der Waals surface area (Å²) in [5.74, 6) is -3.23. The third kappa shape index (κ3) is 7.90. The Hall–Kier alpha value is -3.97. The molecule has 3 aromatic rings. The molecule has 2 aliphatic heterocycles. The molecule has 43 heavy (non-hydrogen) atoms. The molecule has 4 atom stereocenters. The molecule has 12 nitrogen and oxygen atoms in total. The van der Waals surface area contributed by atoms with Crippen LogP contribution in [0.3, 0.4) is 0 Å². The number of likely N-dealkylation sites (N-methyl/N-ethyl adjacent to an activating group) is 1. The fourth-order valence-corrected chi connectivity index (χ4v) is 5.80. The highest BCUT2D eigenvalue weighted by molar-refractivity contribution is 7.45. The van der Waals surface area contributed by atoms with Gasteiger partial charge in [-0.25, -0.2) is 23.5 Å². The standard InChI is InChI=1S/C28H30F2N5O7P/c1-34-14-12-22(24(34)36)33-43(42-20-10-6-3-7-11-20)40-18-21-16-28(29,30)25(41-21)35-15-13-23(31-26(35)37)32-27(38)39-17-19-8-4-2-5-9-19/h2-11,13,15,21-22,25,33H,12,14,16-18H2,1H3,(H,31,32,37,38). The minimum absolute atomic E-state index is 0.00253. The predicted octanol–water partition coefficient (Wildman–Crippen LogP) is 4.06. The Morgan fingerprint density at radius 3 is 2.51 bits per heavy atom. The van der Waals surface area contributed by atoms with Gasteiger partial charge in [0.05, 0.1) is 18.8 Å². The summed E-state index contributed by atoms with van der Waals surface area (Å²) in [5.41, 5.74) is -0.290. The summed E-state index contributed by atoms with van der Waals surface area (Å²) in [6.45, 7) is 0.275. The Kier molecular flexibility index (Phi) is 9.61. The molecule has 0 aliphatic carbocycles. The minimum Gasteiger partial charge on any atom is -0.444 e. The molecule has 3 heterocycles. The fraction of sp³-hybridized carbons (Fsp3) is 0.357. The van der Waals surface area contributed by atoms with E-state index in [0.29, 0.717) is 23.3 Å². The summed E-state index contributed by atoms with van der Waals surface area (Å²) in [6.07, 6.45) is -3.01. The summed E-state index contributed by atoms with van der Waals surface area (Å²) >= 11 is 0. The van der Waals surface area contributed by atoms with Crippen molar-refractivity contribution in [2.24, 2.45) is 0 Å². The van der Waals surface area contributed by atoms with Gasteiger partial charge in [0.1, 0.15) is 18.2 Å². The summed E-state index contributed by atoms with van der Waals surface area (Å²) in [7, 11) is -0.211. The number of anilines is 1. The number of amides is 2. The quantitative estimate of drug-likeness (QED) is 0.306. The first-order chi connectivity index (χ1) is 20.7. The van der Waals surface area contributed by atoms with Crippen LogP contribution >= 0.6 is 8.53 Å². The third-order valence-corrected chi connectivity index (χ3v) is 7.99. The van der Waals surface area contributed by atoms with Crippen LogP contribution in [-0.2, 0) is 25.4 Å². The van der Waals surface area contributed by atoms with Gasteiger partial charge in [-0.3, -0.25) is 14.7 Å². The highest BCUT2D eigenvalue weighted by Gasteiger charge is 2.52. The van der Waals surface area contributed by atoms with E-state index in [-0.39, 0.29) is 24.9 Å². The Balaban J connectivity index is 1.19. The van der Waals surface area contributed by atoms with Crippen LogP contribution in [0.5, 0.6) is 5.75 Å². The van der Waals surface area contributed by atoms with Gasteiger partial charge >= 0.3 is 20.3 Å². The van der Waals surface area contributed by atoms with E-state index >= 15 is 8.78 Å². The Morgan fingerprint density at radius 1 is 1.12 bits per heavy atom. The maximum absolute atomic E-state index is 15.0. The van der Waals surface area contributed by atoms with Crippen molar-refractivity contribution in [3.05, 3.63) is 89.0 Å². The number of benzene rings is 2. The molecule has 2 aliphatic rings. The van der Waals surface area contributed by atoms with Crippen molar-refractivity contribution >= 4 is 26.3 Å². The Morgan fingerprint density at radius 2 is 1.84 bits per heavy atom. The molecule has 0 saturated carbocycles. The molecular weight excluding hydrogens is 587 g/mol. The van der Waals surface area contributed by atoms with Crippen molar-refractivity contribution in [2.45, 2.75) is 43.7 Å². The average Bonchev–Trinajstić information content (AvgIpc) is 3.47. The van der Waals surface area contributed by atoms with Gasteiger partial charge in [0.15, 0.2) is 0 Å². The molecule has 4 unspecified atom stereocenters. The van der Waals surface area contributed by atoms with Crippen LogP contribution in [0.4, 0.5) is 19.4 Å². The second-order valence-electron chi connectivity index (χ2n) is 9.95. The molecule has 228 valence electrons. The Labute approximate surface area is 246 Å². The molecule has 1 aromatic heterocycles. The van der Waals surface area contributed by atoms with Crippen molar-refractivity contribution in [1.29, 1.82) is 0 Å². The lowest BCUT2D eigenvalue weighted by Gasteiger charge is -2.23. The highest BCUT2D eigenvalue weighted by atomic mass is 31.2. The summed E-state index contributed by atoms with van der Waals surface area (Å²) < 4.78 is 53.1. The molecule has 0 radical (unpaired) electrons. The van der Waals surface area contributed by atoms with Gasteiger partial charge in [-0.2, -0.15) is 4.98 Å². The lowest BCUT2D eigenvalue weighted by atomic mass is 10.2. The molecule has 0 spiro atoms. The number of nitrogens with one attached hydrogen (secondary N) is 2.